The van der Waals surface area contributed by atoms with E-state index in [1.54, 1.807) is 19.9 Å². The number of nitrogens with one attached hydrogen (secondary N) is 1. The molecule has 44 heavy (non-hydrogen) atoms. The lowest BCUT2D eigenvalue weighted by Gasteiger charge is -2.45. The van der Waals surface area contributed by atoms with Gasteiger partial charge in [0.2, 0.25) is 6.10 Å². The van der Waals surface area contributed by atoms with Crippen molar-refractivity contribution < 1.29 is 27.1 Å². The van der Waals surface area contributed by atoms with E-state index in [2.05, 4.69) is 20.1 Å². The van der Waals surface area contributed by atoms with Crippen molar-refractivity contribution in [1.29, 1.82) is 0 Å². The van der Waals surface area contributed by atoms with E-state index in [1.165, 1.54) is 71.9 Å². The van der Waals surface area contributed by atoms with Gasteiger partial charge in [0.05, 0.1) is 18.1 Å². The fourth-order valence-electron chi connectivity index (χ4n) is 5.28. The first-order valence-electron chi connectivity index (χ1n) is 13.8. The fourth-order valence-corrected chi connectivity index (χ4v) is 5.28. The third-order valence-electron chi connectivity index (χ3n) is 7.82. The van der Waals surface area contributed by atoms with Crippen LogP contribution >= 0.6 is 0 Å². The van der Waals surface area contributed by atoms with Gasteiger partial charge < -0.3 is 14.6 Å². The molecule has 0 saturated carbocycles. The number of carbonyl (C=O) groups excluding carboxylic acids is 1. The zero-order valence-electron chi connectivity index (χ0n) is 23.5. The maximum atomic E-state index is 13.9. The number of nitrogens with zero attached hydrogens (tertiary/aromatic N) is 5. The second-order valence-corrected chi connectivity index (χ2v) is 10.6. The molecule has 4 heterocycles. The number of hydrogen-bond donors (Lipinski definition) is 1. The topological polar surface area (TPSA) is 105 Å². The van der Waals surface area contributed by atoms with Crippen LogP contribution in [0.3, 0.4) is 0 Å². The Kier molecular flexibility index (Phi) is 7.39. The summed E-state index contributed by atoms with van der Waals surface area (Å²) in [7, 11) is 0. The molecule has 6 rings (SSSR count). The number of hydrogen-bond acceptors (Lipinski definition) is 6. The summed E-state index contributed by atoms with van der Waals surface area (Å²) in [6.45, 7) is 3.10. The van der Waals surface area contributed by atoms with Crippen molar-refractivity contribution in [3.05, 3.63) is 100 Å². The number of benzene rings is 2. The zero-order valence-corrected chi connectivity index (χ0v) is 23.5. The third-order valence-corrected chi connectivity index (χ3v) is 7.82. The first-order valence-corrected chi connectivity index (χ1v) is 13.8. The first kappa shape index (κ1) is 29.0. The number of likely N-dealkylation sites (tertiary alicyclic amines) is 1. The van der Waals surface area contributed by atoms with Gasteiger partial charge in [-0.2, -0.15) is 22.8 Å². The van der Waals surface area contributed by atoms with E-state index in [1.807, 2.05) is 0 Å². The van der Waals surface area contributed by atoms with Gasteiger partial charge in [0.25, 0.3) is 11.5 Å². The normalized spacial score (nSPS) is 17.4. The van der Waals surface area contributed by atoms with Gasteiger partial charge in [0, 0.05) is 42.5 Å². The van der Waals surface area contributed by atoms with Gasteiger partial charge in [0.15, 0.2) is 5.65 Å². The number of rotatable bonds is 7. The maximum Gasteiger partial charge on any atom is 0.429 e. The number of aryl methyl sites for hydroxylation is 1. The summed E-state index contributed by atoms with van der Waals surface area (Å²) in [4.78, 5) is 40.3. The maximum absolute atomic E-state index is 13.9. The quantitative estimate of drug-likeness (QED) is 0.243. The highest BCUT2D eigenvalue weighted by molar-refractivity contribution is 6.06. The van der Waals surface area contributed by atoms with Crippen LogP contribution in [-0.2, 0) is 0 Å². The summed E-state index contributed by atoms with van der Waals surface area (Å²) in [6.07, 6.45) is -3.88. The number of aromatic amines is 1. The summed E-state index contributed by atoms with van der Waals surface area (Å²) in [5.74, 6) is -0.775. The van der Waals surface area contributed by atoms with Gasteiger partial charge in [-0.3, -0.25) is 23.9 Å². The van der Waals surface area contributed by atoms with Gasteiger partial charge in [0.1, 0.15) is 22.7 Å². The molecule has 0 radical (unpaired) electrons. The van der Waals surface area contributed by atoms with Gasteiger partial charge in [-0.05, 0) is 43.7 Å². The van der Waals surface area contributed by atoms with E-state index in [0.29, 0.717) is 22.6 Å². The molecule has 0 aliphatic carbocycles. The molecular weight excluding hydrogens is 580 g/mol. The minimum atomic E-state index is -4.65. The molecule has 5 aromatic rings. The molecule has 0 bridgehead atoms. The third kappa shape index (κ3) is 5.18. The van der Waals surface area contributed by atoms with Crippen molar-refractivity contribution in [1.82, 2.24) is 29.5 Å². The van der Waals surface area contributed by atoms with Crippen molar-refractivity contribution in [2.75, 3.05) is 13.2 Å². The Morgan fingerprint density at radius 1 is 1.07 bits per heavy atom. The zero-order chi connectivity index (χ0) is 31.2. The Bertz CT molecular complexity index is 1890. The van der Waals surface area contributed by atoms with Crippen LogP contribution in [0.1, 0.15) is 34.6 Å². The highest BCUT2D eigenvalue weighted by atomic mass is 19.4. The number of amides is 1. The predicted octanol–water partition coefficient (Wildman–Crippen LogP) is 5.57. The second-order valence-electron chi connectivity index (χ2n) is 10.6. The lowest BCUT2D eigenvalue weighted by atomic mass is 9.90. The predicted molar refractivity (Wildman–Crippen MR) is 153 cm³/mol. The molecule has 226 valence electrons. The minimum absolute atomic E-state index is 0.0295. The van der Waals surface area contributed by atoms with Crippen LogP contribution in [0.15, 0.2) is 77.9 Å². The summed E-state index contributed by atoms with van der Waals surface area (Å²) in [5.41, 5.74) is 1.25. The van der Waals surface area contributed by atoms with Gasteiger partial charge in [-0.1, -0.05) is 30.3 Å². The molecule has 1 aliphatic rings. The minimum Gasteiger partial charge on any atom is -0.476 e. The smallest absolute Gasteiger partial charge is 0.429 e. The lowest BCUT2D eigenvalue weighted by Crippen LogP contribution is -2.58. The van der Waals surface area contributed by atoms with Crippen LogP contribution in [0.5, 0.6) is 5.75 Å². The van der Waals surface area contributed by atoms with E-state index in [9.17, 15) is 27.2 Å². The van der Waals surface area contributed by atoms with Crippen molar-refractivity contribution in [3.63, 3.8) is 0 Å². The Morgan fingerprint density at radius 2 is 1.77 bits per heavy atom. The molecule has 1 unspecified atom stereocenters. The Labute approximate surface area is 248 Å². The fraction of sp³-hybridized carbons (Fsp3) is 0.258. The number of H-pyrrole nitrogens is 1. The van der Waals surface area contributed by atoms with Crippen molar-refractivity contribution in [3.8, 4) is 28.4 Å². The van der Waals surface area contributed by atoms with E-state index in [-0.39, 0.29) is 46.7 Å². The SMILES string of the molecule is Cc1nccnc1-c1nn2c(=O)cc(-c3ccc(OC(c4ccccc4)C(F)(F)F)cc3)[nH]c2c1C(=O)N1C[C@H](CF)[C@@H]1C. The van der Waals surface area contributed by atoms with Gasteiger partial charge >= 0.3 is 6.18 Å². The van der Waals surface area contributed by atoms with E-state index < -0.39 is 30.4 Å². The van der Waals surface area contributed by atoms with Crippen LogP contribution in [0.25, 0.3) is 28.3 Å². The average Bonchev–Trinajstić information content (AvgIpc) is 3.39. The summed E-state index contributed by atoms with van der Waals surface area (Å²) < 4.78 is 61.2. The molecule has 3 aromatic heterocycles. The largest absolute Gasteiger partial charge is 0.476 e. The van der Waals surface area contributed by atoms with Crippen molar-refractivity contribution >= 4 is 11.6 Å². The highest BCUT2D eigenvalue weighted by Gasteiger charge is 2.43. The van der Waals surface area contributed by atoms with E-state index in [4.69, 9.17) is 4.74 Å². The Balaban J connectivity index is 1.40. The molecule has 3 atom stereocenters. The number of alkyl halides is 4. The summed E-state index contributed by atoms with van der Waals surface area (Å²) in [6, 6.07) is 14.0. The van der Waals surface area contributed by atoms with E-state index in [0.717, 1.165) is 4.52 Å². The monoisotopic (exact) mass is 606 g/mol. The van der Waals surface area contributed by atoms with Crippen LogP contribution in [0.4, 0.5) is 17.6 Å². The standard InChI is InChI=1S/C31H26F4N6O3/c1-17-26(37-13-12-36-17)27-25(30(43)40-16-21(15-32)18(40)2)29-38-23(14-24(42)41(29)39-27)19-8-10-22(11-9-19)44-28(31(33,34)35)20-6-4-3-5-7-20/h3-14,18,21,28,38H,15-16H2,1-2H3/t18-,21-,28?/m0/s1. The number of carbonyl (C=O) groups is 1. The van der Waals surface area contributed by atoms with Crippen molar-refractivity contribution in [2.24, 2.45) is 5.92 Å². The molecule has 1 N–H and O–H groups in total. The molecule has 13 heteroatoms. The van der Waals surface area contributed by atoms with Crippen LogP contribution in [0.2, 0.25) is 0 Å². The molecule has 1 amide bonds. The molecule has 0 spiro atoms. The molecule has 1 saturated heterocycles. The average molecular weight is 607 g/mol. The number of fused-ring (bicyclic) bond motifs is 1. The summed E-state index contributed by atoms with van der Waals surface area (Å²) >= 11 is 0. The molecule has 1 aliphatic heterocycles. The highest BCUT2D eigenvalue weighted by Crippen LogP contribution is 2.37. The van der Waals surface area contributed by atoms with E-state index >= 15 is 0 Å². The lowest BCUT2D eigenvalue weighted by molar-refractivity contribution is -0.198. The van der Waals surface area contributed by atoms with Crippen molar-refractivity contribution in [2.45, 2.75) is 32.2 Å². The second kappa shape index (κ2) is 11.2. The van der Waals surface area contributed by atoms with Crippen LogP contribution in [-0.4, -0.2) is 60.8 Å². The van der Waals surface area contributed by atoms with Crippen LogP contribution in [0, 0.1) is 12.8 Å². The first-order chi connectivity index (χ1) is 21.1. The summed E-state index contributed by atoms with van der Waals surface area (Å²) in [5, 5.41) is 4.43. The van der Waals surface area contributed by atoms with Crippen LogP contribution < -0.4 is 10.3 Å². The number of halogens is 4. The van der Waals surface area contributed by atoms with Gasteiger partial charge in [-0.25, -0.2) is 0 Å². The molecule has 1 fully saturated rings. The number of aromatic nitrogens is 5. The molecule has 2 aromatic carbocycles. The Morgan fingerprint density at radius 3 is 2.41 bits per heavy atom. The molecular formula is C31H26F4N6O3. The van der Waals surface area contributed by atoms with Gasteiger partial charge in [-0.15, -0.1) is 0 Å². The Hall–Kier alpha value is -5.07. The molecule has 9 nitrogen and oxygen atoms in total. The number of ether oxygens (including phenoxy) is 1.